The third kappa shape index (κ3) is 2.80. The SMILES string of the molecule is Cc1csc(CN2C[C@@H]3COC[C@]3(C(=O)N3CCOCC3)C2)n1. The standard InChI is InChI=1S/C16H23N3O3S/c1-12-9-23-14(17-12)7-18-6-13-8-22-11-16(13,10-18)15(20)19-2-4-21-5-3-19/h9,13H,2-8,10-11H2,1H3/t13-,16-/m1/s1. The first-order chi connectivity index (χ1) is 11.2. The number of morpholine rings is 1. The fourth-order valence-corrected chi connectivity index (χ4v) is 4.82. The molecule has 1 aromatic rings. The Morgan fingerprint density at radius 1 is 1.43 bits per heavy atom. The van der Waals surface area contributed by atoms with E-state index in [1.165, 1.54) is 0 Å². The number of rotatable bonds is 3. The van der Waals surface area contributed by atoms with Gasteiger partial charge in [0, 0.05) is 43.2 Å². The Bertz CT molecular complexity index is 587. The van der Waals surface area contributed by atoms with E-state index in [-0.39, 0.29) is 11.3 Å². The molecule has 0 aliphatic carbocycles. The average Bonchev–Trinajstić information content (AvgIpc) is 3.22. The fraction of sp³-hybridized carbons (Fsp3) is 0.750. The minimum atomic E-state index is -0.357. The van der Waals surface area contributed by atoms with E-state index >= 15 is 0 Å². The number of amides is 1. The molecule has 0 radical (unpaired) electrons. The number of aromatic nitrogens is 1. The molecule has 0 N–H and O–H groups in total. The van der Waals surface area contributed by atoms with Crippen LogP contribution in [0.1, 0.15) is 10.7 Å². The summed E-state index contributed by atoms with van der Waals surface area (Å²) in [6, 6.07) is 0. The lowest BCUT2D eigenvalue weighted by Gasteiger charge is -2.35. The molecule has 126 valence electrons. The second-order valence-electron chi connectivity index (χ2n) is 6.83. The molecular weight excluding hydrogens is 314 g/mol. The van der Waals surface area contributed by atoms with Gasteiger partial charge < -0.3 is 14.4 Å². The molecule has 4 rings (SSSR count). The largest absolute Gasteiger partial charge is 0.380 e. The lowest BCUT2D eigenvalue weighted by molar-refractivity contribution is -0.147. The number of aryl methyl sites for hydroxylation is 1. The first kappa shape index (κ1) is 15.5. The van der Waals surface area contributed by atoms with Gasteiger partial charge in [-0.1, -0.05) is 0 Å². The zero-order chi connectivity index (χ0) is 15.9. The molecule has 0 saturated carbocycles. The number of hydrogen-bond donors (Lipinski definition) is 0. The van der Waals surface area contributed by atoms with Crippen molar-refractivity contribution in [3.05, 3.63) is 16.1 Å². The molecule has 23 heavy (non-hydrogen) atoms. The maximum Gasteiger partial charge on any atom is 0.233 e. The Kier molecular flexibility index (Phi) is 4.13. The van der Waals surface area contributed by atoms with Crippen molar-refractivity contribution in [3.63, 3.8) is 0 Å². The van der Waals surface area contributed by atoms with Gasteiger partial charge in [-0.25, -0.2) is 4.98 Å². The van der Waals surface area contributed by atoms with Crippen LogP contribution in [0.4, 0.5) is 0 Å². The summed E-state index contributed by atoms with van der Waals surface area (Å²) in [4.78, 5) is 22.1. The molecule has 0 aromatic carbocycles. The number of likely N-dealkylation sites (tertiary alicyclic amines) is 1. The highest BCUT2D eigenvalue weighted by molar-refractivity contribution is 7.09. The molecule has 3 aliphatic heterocycles. The van der Waals surface area contributed by atoms with Gasteiger partial charge in [-0.15, -0.1) is 11.3 Å². The molecule has 6 nitrogen and oxygen atoms in total. The fourth-order valence-electron chi connectivity index (χ4n) is 4.01. The number of hydrogen-bond acceptors (Lipinski definition) is 6. The van der Waals surface area contributed by atoms with E-state index in [0.29, 0.717) is 45.4 Å². The summed E-state index contributed by atoms with van der Waals surface area (Å²) in [5, 5.41) is 3.22. The van der Waals surface area contributed by atoms with E-state index in [0.717, 1.165) is 30.3 Å². The highest BCUT2D eigenvalue weighted by Gasteiger charge is 2.56. The number of carbonyl (C=O) groups is 1. The van der Waals surface area contributed by atoms with Crippen LogP contribution in [0, 0.1) is 18.3 Å². The lowest BCUT2D eigenvalue weighted by Crippen LogP contribution is -2.52. The van der Waals surface area contributed by atoms with Crippen LogP contribution in [0.3, 0.4) is 0 Å². The molecule has 3 aliphatic rings. The van der Waals surface area contributed by atoms with Crippen LogP contribution < -0.4 is 0 Å². The first-order valence-electron chi connectivity index (χ1n) is 8.26. The summed E-state index contributed by atoms with van der Waals surface area (Å²) in [7, 11) is 0. The maximum atomic E-state index is 13.2. The van der Waals surface area contributed by atoms with Crippen molar-refractivity contribution < 1.29 is 14.3 Å². The van der Waals surface area contributed by atoms with Crippen LogP contribution in [0.5, 0.6) is 0 Å². The van der Waals surface area contributed by atoms with Crippen molar-refractivity contribution in [1.82, 2.24) is 14.8 Å². The third-order valence-electron chi connectivity index (χ3n) is 5.19. The molecule has 4 heterocycles. The van der Waals surface area contributed by atoms with Crippen molar-refractivity contribution in [2.45, 2.75) is 13.5 Å². The summed E-state index contributed by atoms with van der Waals surface area (Å²) >= 11 is 1.70. The van der Waals surface area contributed by atoms with Gasteiger partial charge in [0.2, 0.25) is 5.91 Å². The summed E-state index contributed by atoms with van der Waals surface area (Å²) in [6.45, 7) is 8.54. The summed E-state index contributed by atoms with van der Waals surface area (Å²) in [5.41, 5.74) is 0.718. The number of thiazole rings is 1. The second-order valence-corrected chi connectivity index (χ2v) is 7.77. The van der Waals surface area contributed by atoms with Gasteiger partial charge in [-0.05, 0) is 6.92 Å². The Balaban J connectivity index is 1.49. The minimum absolute atomic E-state index is 0.265. The van der Waals surface area contributed by atoms with Crippen molar-refractivity contribution >= 4 is 17.2 Å². The predicted molar refractivity (Wildman–Crippen MR) is 86.3 cm³/mol. The van der Waals surface area contributed by atoms with Gasteiger partial charge >= 0.3 is 0 Å². The summed E-state index contributed by atoms with van der Waals surface area (Å²) in [5.74, 6) is 0.569. The van der Waals surface area contributed by atoms with Crippen molar-refractivity contribution in [2.75, 3.05) is 52.6 Å². The van der Waals surface area contributed by atoms with Crippen LogP contribution in [-0.4, -0.2) is 73.3 Å². The van der Waals surface area contributed by atoms with Crippen molar-refractivity contribution in [1.29, 1.82) is 0 Å². The number of nitrogens with zero attached hydrogens (tertiary/aromatic N) is 3. The molecule has 0 bridgehead atoms. The highest BCUT2D eigenvalue weighted by atomic mass is 32.1. The predicted octanol–water partition coefficient (Wildman–Crippen LogP) is 0.759. The topological polar surface area (TPSA) is 54.9 Å². The lowest BCUT2D eigenvalue weighted by atomic mass is 9.79. The molecule has 1 aromatic heterocycles. The van der Waals surface area contributed by atoms with Gasteiger partial charge in [0.05, 0.1) is 38.4 Å². The smallest absolute Gasteiger partial charge is 0.233 e. The maximum absolute atomic E-state index is 13.2. The summed E-state index contributed by atoms with van der Waals surface area (Å²) < 4.78 is 11.1. The van der Waals surface area contributed by atoms with Crippen LogP contribution in [-0.2, 0) is 20.8 Å². The van der Waals surface area contributed by atoms with Gasteiger partial charge in [0.1, 0.15) is 5.01 Å². The minimum Gasteiger partial charge on any atom is -0.380 e. The Hall–Kier alpha value is -1.02. The normalized spacial score (nSPS) is 31.5. The van der Waals surface area contributed by atoms with Gasteiger partial charge in [0.25, 0.3) is 0 Å². The van der Waals surface area contributed by atoms with Crippen LogP contribution in [0.25, 0.3) is 0 Å². The van der Waals surface area contributed by atoms with Crippen molar-refractivity contribution in [2.24, 2.45) is 11.3 Å². The first-order valence-corrected chi connectivity index (χ1v) is 9.13. The van der Waals surface area contributed by atoms with Crippen molar-refractivity contribution in [3.8, 4) is 0 Å². The molecule has 1 amide bonds. The quantitative estimate of drug-likeness (QED) is 0.815. The zero-order valence-corrected chi connectivity index (χ0v) is 14.3. The van der Waals surface area contributed by atoms with Gasteiger partial charge in [-0.2, -0.15) is 0 Å². The average molecular weight is 337 g/mol. The van der Waals surface area contributed by atoms with E-state index in [2.05, 4.69) is 15.3 Å². The van der Waals surface area contributed by atoms with E-state index < -0.39 is 0 Å². The van der Waals surface area contributed by atoms with Crippen LogP contribution >= 0.6 is 11.3 Å². The third-order valence-corrected chi connectivity index (χ3v) is 6.15. The van der Waals surface area contributed by atoms with Gasteiger partial charge in [0.15, 0.2) is 0 Å². The molecular formula is C16H23N3O3S. The van der Waals surface area contributed by atoms with E-state index in [1.807, 2.05) is 11.8 Å². The molecule has 0 unspecified atom stereocenters. The van der Waals surface area contributed by atoms with E-state index in [9.17, 15) is 4.79 Å². The van der Waals surface area contributed by atoms with Crippen LogP contribution in [0.15, 0.2) is 5.38 Å². The molecule has 3 fully saturated rings. The molecule has 0 spiro atoms. The summed E-state index contributed by atoms with van der Waals surface area (Å²) in [6.07, 6.45) is 0. The van der Waals surface area contributed by atoms with Gasteiger partial charge in [-0.3, -0.25) is 9.69 Å². The Labute approximate surface area is 140 Å². The molecule has 2 atom stereocenters. The molecule has 7 heteroatoms. The molecule has 3 saturated heterocycles. The number of carbonyl (C=O) groups excluding carboxylic acids is 1. The van der Waals surface area contributed by atoms with Crippen LogP contribution in [0.2, 0.25) is 0 Å². The number of fused-ring (bicyclic) bond motifs is 1. The Morgan fingerprint density at radius 2 is 2.26 bits per heavy atom. The van der Waals surface area contributed by atoms with E-state index in [1.54, 1.807) is 11.3 Å². The van der Waals surface area contributed by atoms with E-state index in [4.69, 9.17) is 9.47 Å². The Morgan fingerprint density at radius 3 is 3.00 bits per heavy atom. The second kappa shape index (κ2) is 6.12. The number of ether oxygens (including phenoxy) is 2. The zero-order valence-electron chi connectivity index (χ0n) is 13.5. The monoisotopic (exact) mass is 337 g/mol. The highest BCUT2D eigenvalue weighted by Crippen LogP contribution is 2.43.